The Bertz CT molecular complexity index is 1350. The van der Waals surface area contributed by atoms with Gasteiger partial charge in [-0.2, -0.15) is 0 Å². The molecule has 0 aliphatic carbocycles. The number of aromatic nitrogens is 1. The summed E-state index contributed by atoms with van der Waals surface area (Å²) >= 11 is 1.70. The predicted molar refractivity (Wildman–Crippen MR) is 165 cm³/mol. The number of benzene rings is 2. The van der Waals surface area contributed by atoms with E-state index < -0.39 is 8.32 Å². The van der Waals surface area contributed by atoms with E-state index in [1.165, 1.54) is 15.8 Å². The van der Waals surface area contributed by atoms with Gasteiger partial charge in [-0.15, -0.1) is 0 Å². The zero-order valence-corrected chi connectivity index (χ0v) is 26.1. The summed E-state index contributed by atoms with van der Waals surface area (Å²) in [6.07, 6.45) is 4.76. The zero-order valence-electron chi connectivity index (χ0n) is 24.3. The minimum absolute atomic E-state index is 0.0462. The second-order valence-corrected chi connectivity index (χ2v) is 18.8. The number of ether oxygens (including phenoxy) is 1. The van der Waals surface area contributed by atoms with Crippen LogP contribution in [0.1, 0.15) is 45.6 Å². The van der Waals surface area contributed by atoms with Crippen LogP contribution in [-0.2, 0) is 15.8 Å². The minimum atomic E-state index is -1.88. The summed E-state index contributed by atoms with van der Waals surface area (Å²) in [4.78, 5) is 22.2. The monoisotopic (exact) mass is 578 g/mol. The van der Waals surface area contributed by atoms with Crippen LogP contribution in [0.25, 0.3) is 10.9 Å². The number of carbonyl (C=O) groups excluding carboxylic acids is 1. The van der Waals surface area contributed by atoms with Gasteiger partial charge < -0.3 is 24.4 Å². The second kappa shape index (κ2) is 10.7. The standard InChI is InChI=1S/C31H42N4O3SSi/c1-31(2,3)40(4,5)38-24-17-29(36)35(20-24)22-12-14-34(15-13-22)19-21-18-32-27-16-23(10-11-25(21)27)37-30-33-26-8-6-7-9-28(26)39-30/h6-11,16,18,22,24,30,32-33H,12-15,17,19-20H2,1-5H3/t24-,30?/m1/s1. The number of rotatable bonds is 7. The molecular weight excluding hydrogens is 537 g/mol. The quantitative estimate of drug-likeness (QED) is 0.307. The number of H-pyrrole nitrogens is 1. The van der Waals surface area contributed by atoms with Gasteiger partial charge in [0.1, 0.15) is 5.75 Å². The van der Waals surface area contributed by atoms with Crippen LogP contribution in [0, 0.1) is 0 Å². The molecule has 0 spiro atoms. The molecule has 2 N–H and O–H groups in total. The van der Waals surface area contributed by atoms with Crippen molar-refractivity contribution in [3.8, 4) is 5.75 Å². The van der Waals surface area contributed by atoms with Crippen molar-refractivity contribution in [2.45, 2.75) is 87.3 Å². The number of hydrogen-bond acceptors (Lipinski definition) is 6. The van der Waals surface area contributed by atoms with E-state index in [9.17, 15) is 4.79 Å². The number of nitrogens with one attached hydrogen (secondary N) is 2. The fourth-order valence-electron chi connectivity index (χ4n) is 5.86. The highest BCUT2D eigenvalue weighted by atomic mass is 32.2. The first-order chi connectivity index (χ1) is 19.1. The zero-order chi connectivity index (χ0) is 28.1. The van der Waals surface area contributed by atoms with Crippen LogP contribution in [-0.4, -0.2) is 66.3 Å². The molecule has 1 unspecified atom stereocenters. The van der Waals surface area contributed by atoms with E-state index >= 15 is 0 Å². The Labute approximate surface area is 243 Å². The number of anilines is 1. The lowest BCUT2D eigenvalue weighted by atomic mass is 10.0. The Kier molecular flexibility index (Phi) is 7.44. The van der Waals surface area contributed by atoms with E-state index in [1.807, 2.05) is 6.07 Å². The van der Waals surface area contributed by atoms with E-state index in [4.69, 9.17) is 9.16 Å². The van der Waals surface area contributed by atoms with Gasteiger partial charge in [-0.25, -0.2) is 0 Å². The maximum absolute atomic E-state index is 12.9. The first kappa shape index (κ1) is 27.7. The molecule has 0 bridgehead atoms. The molecule has 3 aliphatic heterocycles. The Balaban J connectivity index is 1.01. The molecule has 2 saturated heterocycles. The number of aromatic amines is 1. The highest BCUT2D eigenvalue weighted by Gasteiger charge is 2.43. The molecule has 6 rings (SSSR count). The minimum Gasteiger partial charge on any atom is -0.461 e. The molecule has 40 heavy (non-hydrogen) atoms. The van der Waals surface area contributed by atoms with Gasteiger partial charge in [0.25, 0.3) is 0 Å². The molecule has 0 saturated carbocycles. The summed E-state index contributed by atoms with van der Waals surface area (Å²) in [6, 6.07) is 14.9. The van der Waals surface area contributed by atoms with Crippen molar-refractivity contribution in [1.29, 1.82) is 0 Å². The van der Waals surface area contributed by atoms with Gasteiger partial charge in [-0.3, -0.25) is 9.69 Å². The molecule has 0 radical (unpaired) electrons. The number of hydrogen-bond donors (Lipinski definition) is 2. The summed E-state index contributed by atoms with van der Waals surface area (Å²) in [5, 5.41) is 4.83. The van der Waals surface area contributed by atoms with Gasteiger partial charge in [0, 0.05) is 60.3 Å². The Morgan fingerprint density at radius 1 is 1.10 bits per heavy atom. The second-order valence-electron chi connectivity index (χ2n) is 13.0. The summed E-state index contributed by atoms with van der Waals surface area (Å²) in [7, 11) is -1.88. The van der Waals surface area contributed by atoms with Crippen LogP contribution in [0.3, 0.4) is 0 Å². The first-order valence-corrected chi connectivity index (χ1v) is 18.3. The molecule has 1 amide bonds. The smallest absolute Gasteiger partial charge is 0.225 e. The average molecular weight is 579 g/mol. The highest BCUT2D eigenvalue weighted by Crippen LogP contribution is 2.40. The number of amides is 1. The Hall–Kier alpha value is -2.46. The van der Waals surface area contributed by atoms with E-state index in [1.54, 1.807) is 11.8 Å². The fraction of sp³-hybridized carbons (Fsp3) is 0.516. The topological polar surface area (TPSA) is 69.8 Å². The molecule has 2 atom stereocenters. The molecule has 7 nitrogen and oxygen atoms in total. The van der Waals surface area contributed by atoms with Gasteiger partial charge in [0.05, 0.1) is 18.2 Å². The average Bonchev–Trinajstić information content (AvgIpc) is 3.60. The first-order valence-electron chi connectivity index (χ1n) is 14.5. The SMILES string of the molecule is CC(C)(C)[Si](C)(C)O[C@@H]1CC(=O)N(C2CCN(Cc3c[nH]c4cc(OC5Nc6ccccc6S5)ccc34)CC2)C1. The summed E-state index contributed by atoms with van der Waals surface area (Å²) in [5.74, 6) is 1.12. The van der Waals surface area contributed by atoms with Crippen molar-refractivity contribution in [3.63, 3.8) is 0 Å². The van der Waals surface area contributed by atoms with Crippen molar-refractivity contribution in [1.82, 2.24) is 14.8 Å². The van der Waals surface area contributed by atoms with Crippen molar-refractivity contribution < 1.29 is 14.0 Å². The van der Waals surface area contributed by atoms with Crippen LogP contribution in [0.15, 0.2) is 53.6 Å². The van der Waals surface area contributed by atoms with Crippen molar-refractivity contribution >= 4 is 42.6 Å². The van der Waals surface area contributed by atoms with E-state index in [0.29, 0.717) is 12.5 Å². The molecule has 3 aromatic rings. The third-order valence-corrected chi connectivity index (χ3v) is 14.7. The van der Waals surface area contributed by atoms with Crippen molar-refractivity contribution in [2.24, 2.45) is 0 Å². The van der Waals surface area contributed by atoms with Gasteiger partial charge in [0.15, 0.2) is 8.32 Å². The van der Waals surface area contributed by atoms with Gasteiger partial charge in [-0.05, 0) is 60.8 Å². The van der Waals surface area contributed by atoms with Crippen molar-refractivity contribution in [3.05, 3.63) is 54.2 Å². The third-order valence-electron chi connectivity index (χ3n) is 9.16. The molecule has 9 heteroatoms. The third kappa shape index (κ3) is 5.66. The van der Waals surface area contributed by atoms with Crippen LogP contribution < -0.4 is 10.1 Å². The number of thioether (sulfide) groups is 1. The number of nitrogens with zero attached hydrogens (tertiary/aromatic N) is 2. The highest BCUT2D eigenvalue weighted by molar-refractivity contribution is 8.00. The number of piperidine rings is 1. The molecule has 3 aliphatic rings. The van der Waals surface area contributed by atoms with Crippen molar-refractivity contribution in [2.75, 3.05) is 25.0 Å². The Morgan fingerprint density at radius 3 is 2.62 bits per heavy atom. The lowest BCUT2D eigenvalue weighted by Crippen LogP contribution is -2.47. The van der Waals surface area contributed by atoms with Crippen LogP contribution in [0.4, 0.5) is 5.69 Å². The number of likely N-dealkylation sites (tertiary alicyclic amines) is 2. The largest absolute Gasteiger partial charge is 0.461 e. The van der Waals surface area contributed by atoms with Crippen LogP contribution >= 0.6 is 11.8 Å². The number of para-hydroxylation sites is 1. The van der Waals surface area contributed by atoms with Crippen LogP contribution in [0.5, 0.6) is 5.75 Å². The number of carbonyl (C=O) groups is 1. The van der Waals surface area contributed by atoms with E-state index in [-0.39, 0.29) is 22.6 Å². The van der Waals surface area contributed by atoms with Crippen LogP contribution in [0.2, 0.25) is 18.1 Å². The van der Waals surface area contributed by atoms with E-state index in [0.717, 1.165) is 56.0 Å². The lowest BCUT2D eigenvalue weighted by molar-refractivity contribution is -0.130. The molecule has 4 heterocycles. The normalized spacial score (nSPS) is 22.6. The van der Waals surface area contributed by atoms with Gasteiger partial charge >= 0.3 is 0 Å². The predicted octanol–water partition coefficient (Wildman–Crippen LogP) is 6.64. The van der Waals surface area contributed by atoms with Gasteiger partial charge in [-0.1, -0.05) is 44.7 Å². The van der Waals surface area contributed by atoms with Gasteiger partial charge in [0.2, 0.25) is 11.5 Å². The molecule has 1 aromatic heterocycles. The lowest BCUT2D eigenvalue weighted by Gasteiger charge is -2.39. The Morgan fingerprint density at radius 2 is 1.88 bits per heavy atom. The molecule has 2 fully saturated rings. The maximum Gasteiger partial charge on any atom is 0.225 e. The molecule has 214 valence electrons. The van der Waals surface area contributed by atoms with E-state index in [2.05, 4.69) is 96.6 Å². The summed E-state index contributed by atoms with van der Waals surface area (Å²) < 4.78 is 12.8. The molecule has 2 aromatic carbocycles. The summed E-state index contributed by atoms with van der Waals surface area (Å²) in [6.45, 7) is 15.0. The molecular formula is C31H42N4O3SSi. The maximum atomic E-state index is 12.9. The number of fused-ring (bicyclic) bond motifs is 2. The fourth-order valence-corrected chi connectivity index (χ4v) is 8.19. The summed E-state index contributed by atoms with van der Waals surface area (Å²) in [5.41, 5.74) is 3.40.